The number of fused-ring (bicyclic) bond motifs is 1. The first-order chi connectivity index (χ1) is 9.24. The topological polar surface area (TPSA) is 33.2 Å². The molecule has 3 nitrogen and oxygen atoms in total. The molecule has 0 atom stereocenters. The number of carbonyl (C=O) groups excluding carboxylic acids is 1. The molecule has 0 saturated carbocycles. The molecular weight excluding hydrogens is 243 g/mol. The minimum atomic E-state index is -0.373. The van der Waals surface area contributed by atoms with Gasteiger partial charge in [0.25, 0.3) is 5.91 Å². The van der Waals surface area contributed by atoms with Crippen molar-refractivity contribution in [2.75, 3.05) is 6.54 Å². The fraction of sp³-hybridized carbons (Fsp3) is 0.200. The van der Waals surface area contributed by atoms with Crippen LogP contribution in [0, 0.1) is 5.82 Å². The van der Waals surface area contributed by atoms with Crippen molar-refractivity contribution in [1.82, 2.24) is 9.88 Å². The van der Waals surface area contributed by atoms with Crippen molar-refractivity contribution in [3.63, 3.8) is 0 Å². The monoisotopic (exact) mass is 256 g/mol. The first-order valence-electron chi connectivity index (χ1n) is 6.20. The van der Waals surface area contributed by atoms with Crippen molar-refractivity contribution in [2.24, 2.45) is 0 Å². The fourth-order valence-corrected chi connectivity index (χ4v) is 2.39. The molecule has 1 aromatic carbocycles. The Morgan fingerprint density at radius 2 is 2.11 bits per heavy atom. The van der Waals surface area contributed by atoms with Crippen LogP contribution in [0.3, 0.4) is 0 Å². The van der Waals surface area contributed by atoms with E-state index in [1.165, 1.54) is 6.07 Å². The standard InChI is InChI=1S/C15H13FN2O/c16-13-7-11(8-17-9-13)10-18-6-5-12-3-1-2-4-14(12)15(18)19/h1-4,7-9H,5-6,10H2. The molecule has 1 amide bonds. The molecule has 0 N–H and O–H groups in total. The quantitative estimate of drug-likeness (QED) is 0.826. The van der Waals surface area contributed by atoms with E-state index in [1.54, 1.807) is 11.1 Å². The van der Waals surface area contributed by atoms with E-state index in [0.717, 1.165) is 23.7 Å². The van der Waals surface area contributed by atoms with E-state index in [1.807, 2.05) is 24.3 Å². The van der Waals surface area contributed by atoms with Crippen LogP contribution >= 0.6 is 0 Å². The van der Waals surface area contributed by atoms with E-state index in [0.29, 0.717) is 18.7 Å². The Kier molecular flexibility index (Phi) is 2.99. The van der Waals surface area contributed by atoms with Crippen molar-refractivity contribution >= 4 is 5.91 Å². The number of nitrogens with zero attached hydrogens (tertiary/aromatic N) is 2. The first kappa shape index (κ1) is 11.8. The van der Waals surface area contributed by atoms with Crippen LogP contribution in [0.2, 0.25) is 0 Å². The summed E-state index contributed by atoms with van der Waals surface area (Å²) in [7, 11) is 0. The van der Waals surface area contributed by atoms with Gasteiger partial charge in [-0.3, -0.25) is 9.78 Å². The number of hydrogen-bond donors (Lipinski definition) is 0. The van der Waals surface area contributed by atoms with Gasteiger partial charge in [0.05, 0.1) is 6.20 Å². The average Bonchev–Trinajstić information content (AvgIpc) is 2.42. The number of rotatable bonds is 2. The van der Waals surface area contributed by atoms with Crippen molar-refractivity contribution in [2.45, 2.75) is 13.0 Å². The van der Waals surface area contributed by atoms with E-state index >= 15 is 0 Å². The van der Waals surface area contributed by atoms with Gasteiger partial charge >= 0.3 is 0 Å². The smallest absolute Gasteiger partial charge is 0.254 e. The predicted octanol–water partition coefficient (Wildman–Crippen LogP) is 2.42. The van der Waals surface area contributed by atoms with E-state index in [9.17, 15) is 9.18 Å². The molecule has 2 aromatic rings. The lowest BCUT2D eigenvalue weighted by Gasteiger charge is -2.28. The lowest BCUT2D eigenvalue weighted by Crippen LogP contribution is -2.37. The normalized spacial score (nSPS) is 14.4. The zero-order valence-electron chi connectivity index (χ0n) is 10.3. The highest BCUT2D eigenvalue weighted by Gasteiger charge is 2.23. The Balaban J connectivity index is 1.83. The Hall–Kier alpha value is -2.23. The van der Waals surface area contributed by atoms with Gasteiger partial charge in [-0.15, -0.1) is 0 Å². The Bertz CT molecular complexity index is 627. The number of amides is 1. The molecule has 0 saturated heterocycles. The van der Waals surface area contributed by atoms with Gasteiger partial charge in [0, 0.05) is 24.8 Å². The van der Waals surface area contributed by atoms with Crippen LogP contribution in [0.1, 0.15) is 21.5 Å². The summed E-state index contributed by atoms with van der Waals surface area (Å²) in [6.07, 6.45) is 3.60. The van der Waals surface area contributed by atoms with Crippen LogP contribution in [0.5, 0.6) is 0 Å². The highest BCUT2D eigenvalue weighted by molar-refractivity contribution is 5.96. The summed E-state index contributed by atoms with van der Waals surface area (Å²) in [5.74, 6) is -0.367. The number of hydrogen-bond acceptors (Lipinski definition) is 2. The zero-order chi connectivity index (χ0) is 13.2. The molecule has 1 aromatic heterocycles. The van der Waals surface area contributed by atoms with Gasteiger partial charge in [-0.1, -0.05) is 18.2 Å². The molecule has 0 bridgehead atoms. The van der Waals surface area contributed by atoms with E-state index in [-0.39, 0.29) is 11.7 Å². The van der Waals surface area contributed by atoms with E-state index in [4.69, 9.17) is 0 Å². The van der Waals surface area contributed by atoms with Gasteiger partial charge in [-0.05, 0) is 29.7 Å². The maximum Gasteiger partial charge on any atom is 0.254 e. The second-order valence-corrected chi connectivity index (χ2v) is 4.65. The van der Waals surface area contributed by atoms with Crippen LogP contribution in [0.15, 0.2) is 42.7 Å². The molecule has 19 heavy (non-hydrogen) atoms. The number of halogens is 1. The Morgan fingerprint density at radius 3 is 2.95 bits per heavy atom. The first-order valence-corrected chi connectivity index (χ1v) is 6.20. The van der Waals surface area contributed by atoms with Crippen molar-refractivity contribution in [3.8, 4) is 0 Å². The summed E-state index contributed by atoms with van der Waals surface area (Å²) in [5, 5.41) is 0. The van der Waals surface area contributed by atoms with Crippen molar-refractivity contribution in [1.29, 1.82) is 0 Å². The van der Waals surface area contributed by atoms with Gasteiger partial charge < -0.3 is 4.90 Å². The largest absolute Gasteiger partial charge is 0.334 e. The predicted molar refractivity (Wildman–Crippen MR) is 69.1 cm³/mol. The minimum Gasteiger partial charge on any atom is -0.334 e. The zero-order valence-corrected chi connectivity index (χ0v) is 10.3. The minimum absolute atomic E-state index is 0.00566. The molecule has 2 heterocycles. The molecule has 0 spiro atoms. The number of aromatic nitrogens is 1. The summed E-state index contributed by atoms with van der Waals surface area (Å²) in [5.41, 5.74) is 2.55. The Labute approximate surface area is 110 Å². The van der Waals surface area contributed by atoms with Crippen LogP contribution in [-0.2, 0) is 13.0 Å². The molecule has 1 aliphatic rings. The molecule has 0 radical (unpaired) electrons. The average molecular weight is 256 g/mol. The number of benzene rings is 1. The summed E-state index contributed by atoms with van der Waals surface area (Å²) in [6, 6.07) is 9.05. The third-order valence-corrected chi connectivity index (χ3v) is 3.32. The fourth-order valence-electron chi connectivity index (χ4n) is 2.39. The van der Waals surface area contributed by atoms with Gasteiger partial charge in [0.2, 0.25) is 0 Å². The summed E-state index contributed by atoms with van der Waals surface area (Å²) in [6.45, 7) is 1.06. The van der Waals surface area contributed by atoms with E-state index in [2.05, 4.69) is 4.98 Å². The van der Waals surface area contributed by atoms with Crippen LogP contribution < -0.4 is 0 Å². The molecular formula is C15H13FN2O. The highest BCUT2D eigenvalue weighted by Crippen LogP contribution is 2.20. The van der Waals surface area contributed by atoms with Crippen molar-refractivity contribution in [3.05, 3.63) is 65.2 Å². The number of carbonyl (C=O) groups is 1. The summed E-state index contributed by atoms with van der Waals surface area (Å²) >= 11 is 0. The van der Waals surface area contributed by atoms with Crippen molar-refractivity contribution < 1.29 is 9.18 Å². The molecule has 96 valence electrons. The highest BCUT2D eigenvalue weighted by atomic mass is 19.1. The summed E-state index contributed by atoms with van der Waals surface area (Å²) in [4.78, 5) is 17.9. The molecule has 0 fully saturated rings. The molecule has 0 unspecified atom stereocenters. The molecule has 3 rings (SSSR count). The third-order valence-electron chi connectivity index (χ3n) is 3.32. The second-order valence-electron chi connectivity index (χ2n) is 4.65. The molecule has 0 aliphatic carbocycles. The maximum atomic E-state index is 13.1. The molecule has 1 aliphatic heterocycles. The van der Waals surface area contributed by atoms with Gasteiger partial charge in [0.15, 0.2) is 0 Å². The van der Waals surface area contributed by atoms with E-state index < -0.39 is 0 Å². The summed E-state index contributed by atoms with van der Waals surface area (Å²) < 4.78 is 13.1. The molecule has 4 heteroatoms. The lowest BCUT2D eigenvalue weighted by atomic mass is 9.99. The van der Waals surface area contributed by atoms with Crippen LogP contribution in [0.4, 0.5) is 4.39 Å². The SMILES string of the molecule is O=C1c2ccccc2CCN1Cc1cncc(F)c1. The van der Waals surface area contributed by atoms with Crippen LogP contribution in [-0.4, -0.2) is 22.3 Å². The van der Waals surface area contributed by atoms with Gasteiger partial charge in [-0.2, -0.15) is 0 Å². The van der Waals surface area contributed by atoms with Gasteiger partial charge in [0.1, 0.15) is 5.82 Å². The number of pyridine rings is 1. The van der Waals surface area contributed by atoms with Gasteiger partial charge in [-0.25, -0.2) is 4.39 Å². The maximum absolute atomic E-state index is 13.1. The van der Waals surface area contributed by atoms with Crippen LogP contribution in [0.25, 0.3) is 0 Å². The third kappa shape index (κ3) is 2.34. The lowest BCUT2D eigenvalue weighted by molar-refractivity contribution is 0.0726. The second kappa shape index (κ2) is 4.80. The Morgan fingerprint density at radius 1 is 1.26 bits per heavy atom.